The van der Waals surface area contributed by atoms with Gasteiger partial charge in [0.15, 0.2) is 0 Å². The Labute approximate surface area is 161 Å². The number of hydrogen-bond acceptors (Lipinski definition) is 4. The summed E-state index contributed by atoms with van der Waals surface area (Å²) in [6, 6.07) is 21.4. The smallest absolute Gasteiger partial charge is 0.225 e. The van der Waals surface area contributed by atoms with Crippen LogP contribution in [0.5, 0.6) is 0 Å². The Bertz CT molecular complexity index is 944. The molecule has 2 heterocycles. The lowest BCUT2D eigenvalue weighted by Crippen LogP contribution is -2.29. The van der Waals surface area contributed by atoms with Crippen molar-refractivity contribution < 1.29 is 0 Å². The first kappa shape index (κ1) is 17.5. The maximum atomic E-state index is 4.88. The summed E-state index contributed by atoms with van der Waals surface area (Å²) in [4.78, 5) is 12.0. The Kier molecular flexibility index (Phi) is 4.34. The third-order valence-electron chi connectivity index (χ3n) is 4.72. The van der Waals surface area contributed by atoms with Crippen LogP contribution in [-0.4, -0.2) is 21.5 Å². The van der Waals surface area contributed by atoms with E-state index in [-0.39, 0.29) is 5.54 Å². The summed E-state index contributed by atoms with van der Waals surface area (Å²) in [6.07, 6.45) is 1.03. The fraction of sp³-hybridized carbons (Fsp3) is 0.304. The van der Waals surface area contributed by atoms with E-state index in [9.17, 15) is 0 Å². The summed E-state index contributed by atoms with van der Waals surface area (Å²) in [6.45, 7) is 8.62. The molecule has 1 aromatic heterocycles. The monoisotopic (exact) mass is 358 g/mol. The van der Waals surface area contributed by atoms with Crippen LogP contribution in [0.15, 0.2) is 60.7 Å². The van der Waals surface area contributed by atoms with Gasteiger partial charge in [-0.15, -0.1) is 0 Å². The molecule has 1 N–H and O–H groups in total. The summed E-state index contributed by atoms with van der Waals surface area (Å²) < 4.78 is 0. The lowest BCUT2D eigenvalue weighted by atomic mass is 10.1. The van der Waals surface area contributed by atoms with Gasteiger partial charge < -0.3 is 10.2 Å². The molecule has 1 unspecified atom stereocenters. The van der Waals surface area contributed by atoms with E-state index in [1.54, 1.807) is 0 Å². The minimum Gasteiger partial charge on any atom is -0.350 e. The summed E-state index contributed by atoms with van der Waals surface area (Å²) in [7, 11) is 0. The second-order valence-corrected chi connectivity index (χ2v) is 8.23. The van der Waals surface area contributed by atoms with Crippen LogP contribution >= 0.6 is 0 Å². The zero-order chi connectivity index (χ0) is 19.0. The van der Waals surface area contributed by atoms with Gasteiger partial charge in [-0.05, 0) is 45.7 Å². The number of benzene rings is 2. The fourth-order valence-corrected chi connectivity index (χ4v) is 3.62. The Morgan fingerprint density at radius 2 is 1.67 bits per heavy atom. The molecule has 0 radical (unpaired) electrons. The van der Waals surface area contributed by atoms with E-state index in [1.807, 2.05) is 18.2 Å². The van der Waals surface area contributed by atoms with Gasteiger partial charge in [-0.2, -0.15) is 4.98 Å². The third kappa shape index (κ3) is 3.65. The maximum absolute atomic E-state index is 4.88. The van der Waals surface area contributed by atoms with Gasteiger partial charge in [-0.25, -0.2) is 4.98 Å². The van der Waals surface area contributed by atoms with Crippen molar-refractivity contribution in [1.29, 1.82) is 0 Å². The van der Waals surface area contributed by atoms with Gasteiger partial charge in [-0.3, -0.25) is 0 Å². The number of para-hydroxylation sites is 1. The molecule has 0 aliphatic carbocycles. The van der Waals surface area contributed by atoms with E-state index in [1.165, 1.54) is 11.3 Å². The first-order valence-electron chi connectivity index (χ1n) is 9.50. The van der Waals surface area contributed by atoms with Crippen molar-refractivity contribution in [1.82, 2.24) is 9.97 Å². The Morgan fingerprint density at radius 1 is 0.963 bits per heavy atom. The molecule has 4 nitrogen and oxygen atoms in total. The molecule has 0 spiro atoms. The van der Waals surface area contributed by atoms with Crippen molar-refractivity contribution >= 4 is 17.5 Å². The van der Waals surface area contributed by atoms with Crippen LogP contribution in [0.1, 0.15) is 33.3 Å². The predicted molar refractivity (Wildman–Crippen MR) is 113 cm³/mol. The van der Waals surface area contributed by atoms with Crippen LogP contribution in [-0.2, 0) is 6.42 Å². The van der Waals surface area contributed by atoms with E-state index in [2.05, 4.69) is 80.4 Å². The van der Waals surface area contributed by atoms with E-state index in [4.69, 9.17) is 9.97 Å². The minimum absolute atomic E-state index is 0.110. The molecule has 0 saturated carbocycles. The Hall–Kier alpha value is -2.88. The normalized spacial score (nSPS) is 16.3. The molecule has 1 atom stereocenters. The van der Waals surface area contributed by atoms with E-state index in [0.29, 0.717) is 12.0 Å². The van der Waals surface area contributed by atoms with Gasteiger partial charge >= 0.3 is 0 Å². The van der Waals surface area contributed by atoms with Crippen molar-refractivity contribution in [2.45, 2.75) is 45.7 Å². The molecule has 0 bridgehead atoms. The first-order valence-corrected chi connectivity index (χ1v) is 9.50. The molecule has 2 aromatic carbocycles. The highest BCUT2D eigenvalue weighted by Crippen LogP contribution is 2.38. The molecule has 0 fully saturated rings. The highest BCUT2D eigenvalue weighted by atomic mass is 15.3. The highest BCUT2D eigenvalue weighted by molar-refractivity contribution is 5.73. The molecule has 4 rings (SSSR count). The molecule has 0 saturated heterocycles. The number of rotatable bonds is 3. The van der Waals surface area contributed by atoms with E-state index in [0.717, 1.165) is 23.5 Å². The van der Waals surface area contributed by atoms with E-state index < -0.39 is 0 Å². The topological polar surface area (TPSA) is 41.1 Å². The second kappa shape index (κ2) is 6.69. The molecule has 0 amide bonds. The second-order valence-electron chi connectivity index (χ2n) is 8.23. The number of fused-ring (bicyclic) bond motifs is 1. The molecular formula is C23H26N4. The van der Waals surface area contributed by atoms with Gasteiger partial charge in [0.1, 0.15) is 5.82 Å². The average Bonchev–Trinajstić information content (AvgIpc) is 2.96. The quantitative estimate of drug-likeness (QED) is 0.677. The van der Waals surface area contributed by atoms with Crippen molar-refractivity contribution in [3.63, 3.8) is 0 Å². The van der Waals surface area contributed by atoms with Crippen LogP contribution < -0.4 is 10.2 Å². The van der Waals surface area contributed by atoms with Crippen LogP contribution in [0.4, 0.5) is 17.5 Å². The third-order valence-corrected chi connectivity index (χ3v) is 4.72. The number of nitrogens with zero attached hydrogens (tertiary/aromatic N) is 3. The molecular weight excluding hydrogens is 332 g/mol. The van der Waals surface area contributed by atoms with Crippen molar-refractivity contribution in [2.75, 3.05) is 10.2 Å². The van der Waals surface area contributed by atoms with Crippen molar-refractivity contribution in [3.05, 3.63) is 66.2 Å². The average molecular weight is 358 g/mol. The SMILES string of the molecule is CC1Cc2ccccc2N1c1cc(-c2ccccc2)nc(NC(C)(C)C)n1. The number of hydrogen-bond donors (Lipinski definition) is 1. The van der Waals surface area contributed by atoms with Gasteiger partial charge in [0.05, 0.1) is 5.69 Å². The van der Waals surface area contributed by atoms with Crippen LogP contribution in [0.2, 0.25) is 0 Å². The molecule has 1 aliphatic rings. The van der Waals surface area contributed by atoms with E-state index >= 15 is 0 Å². The lowest BCUT2D eigenvalue weighted by Gasteiger charge is -2.26. The van der Waals surface area contributed by atoms with Gasteiger partial charge in [0, 0.05) is 28.9 Å². The standard InChI is InChI=1S/C23H26N4/c1-16-14-18-12-8-9-13-20(18)27(16)21-15-19(17-10-6-5-7-11-17)24-22(25-21)26-23(2,3)4/h5-13,15-16H,14H2,1-4H3,(H,24,25,26). The number of nitrogens with one attached hydrogen (secondary N) is 1. The summed E-state index contributed by atoms with van der Waals surface area (Å²) in [5.41, 5.74) is 4.53. The van der Waals surface area contributed by atoms with Crippen LogP contribution in [0.25, 0.3) is 11.3 Å². The maximum Gasteiger partial charge on any atom is 0.225 e. The number of aromatic nitrogens is 2. The summed E-state index contributed by atoms with van der Waals surface area (Å²) in [5, 5.41) is 3.45. The Balaban J connectivity index is 1.84. The van der Waals surface area contributed by atoms with Gasteiger partial charge in [0.25, 0.3) is 0 Å². The largest absolute Gasteiger partial charge is 0.350 e. The zero-order valence-corrected chi connectivity index (χ0v) is 16.4. The predicted octanol–water partition coefficient (Wildman–Crippen LogP) is 5.44. The molecule has 3 aromatic rings. The van der Waals surface area contributed by atoms with Gasteiger partial charge in [-0.1, -0.05) is 48.5 Å². The molecule has 4 heteroatoms. The first-order chi connectivity index (χ1) is 12.9. The highest BCUT2D eigenvalue weighted by Gasteiger charge is 2.28. The van der Waals surface area contributed by atoms with Crippen LogP contribution in [0.3, 0.4) is 0 Å². The Morgan fingerprint density at radius 3 is 2.41 bits per heavy atom. The summed E-state index contributed by atoms with van der Waals surface area (Å²) in [5.74, 6) is 1.60. The fourth-order valence-electron chi connectivity index (χ4n) is 3.62. The van der Waals surface area contributed by atoms with Crippen LogP contribution in [0, 0.1) is 0 Å². The van der Waals surface area contributed by atoms with Crippen molar-refractivity contribution in [2.24, 2.45) is 0 Å². The van der Waals surface area contributed by atoms with Crippen molar-refractivity contribution in [3.8, 4) is 11.3 Å². The minimum atomic E-state index is -0.110. The number of anilines is 3. The zero-order valence-electron chi connectivity index (χ0n) is 16.4. The van der Waals surface area contributed by atoms with Gasteiger partial charge in [0.2, 0.25) is 5.95 Å². The lowest BCUT2D eigenvalue weighted by molar-refractivity contribution is 0.625. The molecule has 27 heavy (non-hydrogen) atoms. The molecule has 138 valence electrons. The summed E-state index contributed by atoms with van der Waals surface area (Å²) >= 11 is 0. The molecule has 1 aliphatic heterocycles.